The Balaban J connectivity index is 0.000000529. The van der Waals surface area contributed by atoms with Crippen molar-refractivity contribution >= 4 is 17.3 Å². The van der Waals surface area contributed by atoms with Gasteiger partial charge in [-0.3, -0.25) is 14.4 Å². The third-order valence-corrected chi connectivity index (χ3v) is 11.4. The Morgan fingerprint density at radius 3 is 0.871 bits per heavy atom. The van der Waals surface area contributed by atoms with E-state index in [4.69, 9.17) is 28.4 Å². The fraction of sp³-hybridized carbons (Fsp3) is 0.638. The van der Waals surface area contributed by atoms with Crippen LogP contribution in [0, 0.1) is 0 Å². The minimum absolute atomic E-state index is 0.0219. The zero-order chi connectivity index (χ0) is 51.9. The van der Waals surface area contributed by atoms with E-state index in [1.807, 2.05) is 71.4 Å². The normalized spacial score (nSPS) is 10.6. The van der Waals surface area contributed by atoms with Crippen molar-refractivity contribution in [1.29, 1.82) is 0 Å². The van der Waals surface area contributed by atoms with E-state index in [0.717, 1.165) is 167 Å². The van der Waals surface area contributed by atoms with E-state index in [9.17, 15) is 14.4 Å². The van der Waals surface area contributed by atoms with Crippen LogP contribution in [0.15, 0.2) is 36.4 Å². The maximum atomic E-state index is 12.0. The number of hydrogen-bond acceptors (Lipinski definition) is 12. The Hall–Kier alpha value is -4.65. The lowest BCUT2D eigenvalue weighted by Gasteiger charge is -2.18. The zero-order valence-electron chi connectivity index (χ0n) is 45.8. The zero-order valence-corrected chi connectivity index (χ0v) is 45.8. The lowest BCUT2D eigenvalue weighted by molar-refractivity contribution is 0.100. The number of ketones is 3. The molecule has 12 heteroatoms. The molecule has 0 saturated carbocycles. The standard InChI is InChI=1S/C22H37NO3.C20H33NO3.C16H25NO3/c1-5-7-9-14-25-21-16-19(18(3)24)17-22(26-15-10-8-6-2)20(21)12-11-13-23-4;1-5-7-9-11-23-19-13-17(16(3)22)14-20(18(19)15-21-4)24-12-10-8-6-2;1-5-19-15-10-13(12(3)18)11-16(20-6-2)14(15)8-7-9-17-4/h16-17,23H,5-15H2,1-4H3;13-14,21H,5-12,15H2,1-4H3;10-11,17H,5-9H2,1-4H3. The Bertz CT molecular complexity index is 1810. The molecule has 3 N–H and O–H groups in total. The van der Waals surface area contributed by atoms with Crippen LogP contribution in [0.2, 0.25) is 0 Å². The van der Waals surface area contributed by atoms with Crippen LogP contribution in [-0.2, 0) is 19.4 Å². The molecule has 0 spiro atoms. The molecule has 396 valence electrons. The number of hydrogen-bond donors (Lipinski definition) is 3. The van der Waals surface area contributed by atoms with Gasteiger partial charge in [0.2, 0.25) is 0 Å². The van der Waals surface area contributed by atoms with Crippen LogP contribution in [0.1, 0.15) is 200 Å². The van der Waals surface area contributed by atoms with Gasteiger partial charge in [0.25, 0.3) is 0 Å². The second kappa shape index (κ2) is 40.0. The molecular weight excluding hydrogens is 883 g/mol. The van der Waals surface area contributed by atoms with Crippen LogP contribution in [-0.4, -0.2) is 91.2 Å². The summed E-state index contributed by atoms with van der Waals surface area (Å²) in [6.07, 6.45) is 17.1. The van der Waals surface area contributed by atoms with Crippen LogP contribution in [0.4, 0.5) is 0 Å². The van der Waals surface area contributed by atoms with Crippen LogP contribution < -0.4 is 44.4 Å². The van der Waals surface area contributed by atoms with Crippen molar-refractivity contribution in [3.05, 3.63) is 69.8 Å². The number of ether oxygens (including phenoxy) is 6. The predicted molar refractivity (Wildman–Crippen MR) is 289 cm³/mol. The summed E-state index contributed by atoms with van der Waals surface area (Å²) < 4.78 is 35.5. The van der Waals surface area contributed by atoms with E-state index in [-0.39, 0.29) is 17.3 Å². The van der Waals surface area contributed by atoms with Gasteiger partial charge < -0.3 is 44.4 Å². The van der Waals surface area contributed by atoms with Crippen molar-refractivity contribution in [1.82, 2.24) is 16.0 Å². The van der Waals surface area contributed by atoms with Gasteiger partial charge in [0.15, 0.2) is 17.3 Å². The lowest BCUT2D eigenvalue weighted by Crippen LogP contribution is -2.12. The molecule has 0 bridgehead atoms. The molecule has 0 aromatic heterocycles. The van der Waals surface area contributed by atoms with Crippen molar-refractivity contribution in [2.24, 2.45) is 0 Å². The van der Waals surface area contributed by atoms with Crippen LogP contribution in [0.3, 0.4) is 0 Å². The number of nitrogens with one attached hydrogen (secondary N) is 3. The van der Waals surface area contributed by atoms with Crippen molar-refractivity contribution in [3.8, 4) is 34.5 Å². The molecule has 70 heavy (non-hydrogen) atoms. The summed E-state index contributed by atoms with van der Waals surface area (Å²) in [5.41, 5.74) is 5.08. The lowest BCUT2D eigenvalue weighted by atomic mass is 10.0. The monoisotopic (exact) mass is 978 g/mol. The minimum Gasteiger partial charge on any atom is -0.493 e. The molecule has 0 saturated heterocycles. The van der Waals surface area contributed by atoms with Gasteiger partial charge in [-0.1, -0.05) is 79.1 Å². The molecule has 0 aliphatic heterocycles. The van der Waals surface area contributed by atoms with E-state index >= 15 is 0 Å². The highest BCUT2D eigenvalue weighted by Gasteiger charge is 2.18. The molecular formula is C58H95N3O9. The van der Waals surface area contributed by atoms with Crippen LogP contribution in [0.5, 0.6) is 34.5 Å². The van der Waals surface area contributed by atoms with Crippen molar-refractivity contribution in [3.63, 3.8) is 0 Å². The summed E-state index contributed by atoms with van der Waals surface area (Å²) in [4.78, 5) is 35.4. The first-order valence-electron chi connectivity index (χ1n) is 26.6. The molecule has 0 atom stereocenters. The second-order valence-electron chi connectivity index (χ2n) is 17.6. The summed E-state index contributed by atoms with van der Waals surface area (Å²) >= 11 is 0. The van der Waals surface area contributed by atoms with Gasteiger partial charge in [0.1, 0.15) is 34.5 Å². The molecule has 3 aromatic rings. The number of rotatable bonds is 37. The topological polar surface area (TPSA) is 143 Å². The SMILES string of the molecule is CCCCCOc1cc(C(C)=O)cc(OCCCCC)c1CCCNC.CCCCCOc1cc(C(C)=O)cc(OCCCCC)c1CNC.CCOc1cc(C(C)=O)cc(OCC)c1CCCNC. The van der Waals surface area contributed by atoms with Gasteiger partial charge in [0.05, 0.1) is 39.6 Å². The average molecular weight is 978 g/mol. The minimum atomic E-state index is 0.0219. The summed E-state index contributed by atoms with van der Waals surface area (Å²) in [5.74, 6) is 4.78. The molecule has 0 amide bonds. The molecule has 0 unspecified atom stereocenters. The van der Waals surface area contributed by atoms with E-state index < -0.39 is 0 Å². The predicted octanol–water partition coefficient (Wildman–Crippen LogP) is 12.8. The van der Waals surface area contributed by atoms with Gasteiger partial charge >= 0.3 is 0 Å². The molecule has 0 aliphatic carbocycles. The highest BCUT2D eigenvalue weighted by atomic mass is 16.5. The van der Waals surface area contributed by atoms with Crippen LogP contribution in [0.25, 0.3) is 0 Å². The number of benzene rings is 3. The molecule has 0 heterocycles. The van der Waals surface area contributed by atoms with Gasteiger partial charge in [-0.25, -0.2) is 0 Å². The fourth-order valence-corrected chi connectivity index (χ4v) is 7.42. The first-order valence-corrected chi connectivity index (χ1v) is 26.6. The van der Waals surface area contributed by atoms with E-state index in [1.165, 1.54) is 0 Å². The first-order chi connectivity index (χ1) is 33.9. The van der Waals surface area contributed by atoms with Gasteiger partial charge in [-0.05, 0) is 157 Å². The van der Waals surface area contributed by atoms with Crippen LogP contribution >= 0.6 is 0 Å². The highest BCUT2D eigenvalue weighted by Crippen LogP contribution is 2.35. The van der Waals surface area contributed by atoms with E-state index in [1.54, 1.807) is 20.8 Å². The number of Topliss-reactive ketones (excluding diaryl/α,β-unsaturated/α-hetero) is 3. The van der Waals surface area contributed by atoms with Gasteiger partial charge in [0, 0.05) is 39.9 Å². The second-order valence-corrected chi connectivity index (χ2v) is 17.6. The summed E-state index contributed by atoms with van der Waals surface area (Å²) in [5, 5.41) is 9.50. The number of carbonyl (C=O) groups excluding carboxylic acids is 3. The van der Waals surface area contributed by atoms with E-state index in [0.29, 0.717) is 62.9 Å². The molecule has 12 nitrogen and oxygen atoms in total. The quantitative estimate of drug-likeness (QED) is 0.0374. The average Bonchev–Trinajstić information content (AvgIpc) is 3.34. The Morgan fingerprint density at radius 2 is 0.643 bits per heavy atom. The third kappa shape index (κ3) is 25.5. The Kier molecular flexibility index (Phi) is 36.2. The first kappa shape index (κ1) is 63.4. The molecule has 0 radical (unpaired) electrons. The van der Waals surface area contributed by atoms with Crippen molar-refractivity contribution in [2.45, 2.75) is 172 Å². The maximum Gasteiger partial charge on any atom is 0.160 e. The molecule has 3 aromatic carbocycles. The summed E-state index contributed by atoms with van der Waals surface area (Å²) in [6, 6.07) is 11.1. The fourth-order valence-electron chi connectivity index (χ4n) is 7.42. The van der Waals surface area contributed by atoms with Crippen molar-refractivity contribution < 1.29 is 42.8 Å². The van der Waals surface area contributed by atoms with E-state index in [2.05, 4.69) is 43.6 Å². The Labute approximate surface area is 424 Å². The van der Waals surface area contributed by atoms with Crippen molar-refractivity contribution in [2.75, 3.05) is 73.9 Å². The van der Waals surface area contributed by atoms with Gasteiger partial charge in [-0.15, -0.1) is 0 Å². The largest absolute Gasteiger partial charge is 0.493 e. The molecule has 3 rings (SSSR count). The molecule has 0 fully saturated rings. The Morgan fingerprint density at radius 1 is 0.371 bits per heavy atom. The van der Waals surface area contributed by atoms with Gasteiger partial charge in [-0.2, -0.15) is 0 Å². The highest BCUT2D eigenvalue weighted by molar-refractivity contribution is 5.96. The third-order valence-electron chi connectivity index (χ3n) is 11.4. The number of unbranched alkanes of at least 4 members (excludes halogenated alkanes) is 8. The summed E-state index contributed by atoms with van der Waals surface area (Å²) in [7, 11) is 5.80. The number of carbonyl (C=O) groups is 3. The smallest absolute Gasteiger partial charge is 0.160 e. The maximum absolute atomic E-state index is 12.0. The summed E-state index contributed by atoms with van der Waals surface area (Å²) in [6.45, 7) is 23.7. The molecule has 0 aliphatic rings.